The van der Waals surface area contributed by atoms with E-state index in [0.717, 1.165) is 16.2 Å². The van der Waals surface area contributed by atoms with Crippen molar-refractivity contribution in [2.75, 3.05) is 12.9 Å². The van der Waals surface area contributed by atoms with Crippen LogP contribution in [0.3, 0.4) is 0 Å². The van der Waals surface area contributed by atoms with E-state index in [1.807, 2.05) is 42.5 Å². The van der Waals surface area contributed by atoms with Gasteiger partial charge in [-0.05, 0) is 36.2 Å². The summed E-state index contributed by atoms with van der Waals surface area (Å²) in [6.07, 6.45) is 0. The molecule has 0 bridgehead atoms. The van der Waals surface area contributed by atoms with E-state index < -0.39 is 0 Å². The van der Waals surface area contributed by atoms with E-state index in [1.54, 1.807) is 18.9 Å². The minimum Gasteiger partial charge on any atom is -0.497 e. The van der Waals surface area contributed by atoms with Crippen LogP contribution in [-0.4, -0.2) is 18.8 Å². The third kappa shape index (κ3) is 4.83. The molecule has 0 aliphatic carbocycles. The third-order valence-electron chi connectivity index (χ3n) is 3.10. The number of carbonyl (C=O) groups excluding carboxylic acids is 1. The molecule has 0 saturated carbocycles. The van der Waals surface area contributed by atoms with Crippen LogP contribution in [0.15, 0.2) is 53.4 Å². The van der Waals surface area contributed by atoms with Crippen molar-refractivity contribution in [1.82, 2.24) is 5.32 Å². The molecule has 0 unspecified atom stereocenters. The van der Waals surface area contributed by atoms with Crippen LogP contribution in [0.25, 0.3) is 0 Å². The summed E-state index contributed by atoms with van der Waals surface area (Å²) in [5.74, 6) is 1.29. The van der Waals surface area contributed by atoms with Crippen molar-refractivity contribution >= 4 is 17.7 Å². The van der Waals surface area contributed by atoms with Gasteiger partial charge >= 0.3 is 0 Å². The molecule has 21 heavy (non-hydrogen) atoms. The minimum absolute atomic E-state index is 0.0408. The minimum atomic E-state index is 0.0408. The Morgan fingerprint density at radius 1 is 1.14 bits per heavy atom. The molecule has 0 saturated heterocycles. The lowest BCUT2D eigenvalue weighted by atomic mass is 10.2. The standard InChI is InChI=1S/C17H19NO2S/c1-13-5-3-4-6-16(13)21-12-17(19)18-11-14-7-9-15(20-2)10-8-14/h3-10H,11-12H2,1-2H3,(H,18,19). The Bertz CT molecular complexity index is 596. The van der Waals surface area contributed by atoms with Crippen molar-refractivity contribution in [2.24, 2.45) is 0 Å². The molecule has 0 heterocycles. The topological polar surface area (TPSA) is 38.3 Å². The van der Waals surface area contributed by atoms with E-state index in [2.05, 4.69) is 18.3 Å². The third-order valence-corrected chi connectivity index (χ3v) is 4.28. The zero-order valence-corrected chi connectivity index (χ0v) is 13.1. The second-order valence-corrected chi connectivity index (χ2v) is 5.70. The second kappa shape index (κ2) is 7.74. The van der Waals surface area contributed by atoms with Crippen molar-refractivity contribution in [3.8, 4) is 5.75 Å². The van der Waals surface area contributed by atoms with Gasteiger partial charge in [0, 0.05) is 11.4 Å². The molecule has 0 aromatic heterocycles. The first-order valence-electron chi connectivity index (χ1n) is 6.77. The molecule has 0 aliphatic heterocycles. The molecule has 1 N–H and O–H groups in total. The van der Waals surface area contributed by atoms with Crippen LogP contribution in [-0.2, 0) is 11.3 Å². The van der Waals surface area contributed by atoms with Crippen LogP contribution in [0.1, 0.15) is 11.1 Å². The van der Waals surface area contributed by atoms with Crippen molar-refractivity contribution in [3.63, 3.8) is 0 Å². The van der Waals surface area contributed by atoms with Crippen LogP contribution in [0.4, 0.5) is 0 Å². The molecule has 0 fully saturated rings. The quantitative estimate of drug-likeness (QED) is 0.831. The molecule has 2 aromatic rings. The van der Waals surface area contributed by atoms with Gasteiger partial charge in [-0.3, -0.25) is 4.79 Å². The highest BCUT2D eigenvalue weighted by atomic mass is 32.2. The van der Waals surface area contributed by atoms with Crippen LogP contribution in [0.2, 0.25) is 0 Å². The maximum absolute atomic E-state index is 11.9. The van der Waals surface area contributed by atoms with Gasteiger partial charge in [0.2, 0.25) is 5.91 Å². The Morgan fingerprint density at radius 2 is 1.86 bits per heavy atom. The number of aryl methyl sites for hydroxylation is 1. The fourth-order valence-corrected chi connectivity index (χ4v) is 2.72. The van der Waals surface area contributed by atoms with Gasteiger partial charge < -0.3 is 10.1 Å². The molecular formula is C17H19NO2S. The lowest BCUT2D eigenvalue weighted by Crippen LogP contribution is -2.24. The van der Waals surface area contributed by atoms with Crippen molar-refractivity contribution in [1.29, 1.82) is 0 Å². The highest BCUT2D eigenvalue weighted by Crippen LogP contribution is 2.21. The Hall–Kier alpha value is -1.94. The zero-order chi connectivity index (χ0) is 15.1. The van der Waals surface area contributed by atoms with Crippen LogP contribution < -0.4 is 10.1 Å². The van der Waals surface area contributed by atoms with E-state index in [4.69, 9.17) is 4.74 Å². The fraction of sp³-hybridized carbons (Fsp3) is 0.235. The van der Waals surface area contributed by atoms with E-state index in [1.165, 1.54) is 5.56 Å². The molecule has 3 nitrogen and oxygen atoms in total. The molecule has 0 aliphatic rings. The molecule has 0 spiro atoms. The maximum atomic E-state index is 11.9. The lowest BCUT2D eigenvalue weighted by Gasteiger charge is -2.07. The average molecular weight is 301 g/mol. The number of methoxy groups -OCH3 is 1. The van der Waals surface area contributed by atoms with E-state index in [-0.39, 0.29) is 5.91 Å². The SMILES string of the molecule is COc1ccc(CNC(=O)CSc2ccccc2C)cc1. The molecule has 1 amide bonds. The number of hydrogen-bond acceptors (Lipinski definition) is 3. The highest BCUT2D eigenvalue weighted by Gasteiger charge is 2.04. The largest absolute Gasteiger partial charge is 0.497 e. The van der Waals surface area contributed by atoms with E-state index in [0.29, 0.717) is 12.3 Å². The number of hydrogen-bond donors (Lipinski definition) is 1. The zero-order valence-electron chi connectivity index (χ0n) is 12.3. The van der Waals surface area contributed by atoms with Gasteiger partial charge in [-0.25, -0.2) is 0 Å². The maximum Gasteiger partial charge on any atom is 0.230 e. The predicted octanol–water partition coefficient (Wildman–Crippen LogP) is 3.41. The highest BCUT2D eigenvalue weighted by molar-refractivity contribution is 8.00. The molecule has 4 heteroatoms. The monoisotopic (exact) mass is 301 g/mol. The molecule has 2 rings (SSSR count). The summed E-state index contributed by atoms with van der Waals surface area (Å²) >= 11 is 1.56. The normalized spacial score (nSPS) is 10.2. The first kappa shape index (κ1) is 15.4. The van der Waals surface area contributed by atoms with Gasteiger partial charge in [0.15, 0.2) is 0 Å². The van der Waals surface area contributed by atoms with E-state index in [9.17, 15) is 4.79 Å². The molecular weight excluding hydrogens is 282 g/mol. The number of amides is 1. The van der Waals surface area contributed by atoms with Gasteiger partial charge in [0.1, 0.15) is 5.75 Å². The Kier molecular flexibility index (Phi) is 5.69. The molecule has 0 atom stereocenters. The van der Waals surface area contributed by atoms with E-state index >= 15 is 0 Å². The summed E-state index contributed by atoms with van der Waals surface area (Å²) < 4.78 is 5.10. The van der Waals surface area contributed by atoms with Crippen LogP contribution in [0.5, 0.6) is 5.75 Å². The van der Waals surface area contributed by atoms with Gasteiger partial charge in [-0.2, -0.15) is 0 Å². The van der Waals surface area contributed by atoms with Gasteiger partial charge in [-0.1, -0.05) is 30.3 Å². The Labute approximate surface area is 129 Å². The number of benzene rings is 2. The smallest absolute Gasteiger partial charge is 0.230 e. The first-order valence-corrected chi connectivity index (χ1v) is 7.75. The first-order chi connectivity index (χ1) is 10.2. The molecule has 2 aromatic carbocycles. The van der Waals surface area contributed by atoms with Gasteiger partial charge in [0.25, 0.3) is 0 Å². The summed E-state index contributed by atoms with van der Waals surface area (Å²) in [6.45, 7) is 2.59. The summed E-state index contributed by atoms with van der Waals surface area (Å²) in [5, 5.41) is 2.93. The lowest BCUT2D eigenvalue weighted by molar-refractivity contribution is -0.118. The molecule has 0 radical (unpaired) electrons. The Morgan fingerprint density at radius 3 is 2.52 bits per heavy atom. The molecule has 110 valence electrons. The predicted molar refractivity (Wildman–Crippen MR) is 86.7 cm³/mol. The van der Waals surface area contributed by atoms with Crippen molar-refractivity contribution < 1.29 is 9.53 Å². The second-order valence-electron chi connectivity index (χ2n) is 4.68. The number of thioether (sulfide) groups is 1. The van der Waals surface area contributed by atoms with Gasteiger partial charge in [-0.15, -0.1) is 11.8 Å². The van der Waals surface area contributed by atoms with Crippen molar-refractivity contribution in [3.05, 3.63) is 59.7 Å². The summed E-state index contributed by atoms with van der Waals surface area (Å²) in [6, 6.07) is 15.8. The van der Waals surface area contributed by atoms with Gasteiger partial charge in [0.05, 0.1) is 12.9 Å². The number of nitrogens with one attached hydrogen (secondary N) is 1. The number of carbonyl (C=O) groups is 1. The van der Waals surface area contributed by atoms with Crippen molar-refractivity contribution in [2.45, 2.75) is 18.4 Å². The summed E-state index contributed by atoms with van der Waals surface area (Å²) in [7, 11) is 1.64. The summed E-state index contributed by atoms with van der Waals surface area (Å²) in [4.78, 5) is 13.0. The fourth-order valence-electron chi connectivity index (χ4n) is 1.86. The summed E-state index contributed by atoms with van der Waals surface area (Å²) in [5.41, 5.74) is 2.26. The number of ether oxygens (including phenoxy) is 1. The van der Waals surface area contributed by atoms with Crippen LogP contribution in [0, 0.1) is 6.92 Å². The average Bonchev–Trinajstić information content (AvgIpc) is 2.52. The Balaban J connectivity index is 1.78. The van der Waals surface area contributed by atoms with Crippen LogP contribution >= 0.6 is 11.8 Å². The number of rotatable bonds is 6.